The van der Waals surface area contributed by atoms with Gasteiger partial charge in [-0.25, -0.2) is 13.6 Å². The zero-order valence-corrected chi connectivity index (χ0v) is 16.5. The monoisotopic (exact) mass is 417 g/mol. The number of nitrogens with one attached hydrogen (secondary N) is 2. The van der Waals surface area contributed by atoms with E-state index in [-0.39, 0.29) is 24.3 Å². The third kappa shape index (κ3) is 3.72. The van der Waals surface area contributed by atoms with Crippen molar-refractivity contribution >= 4 is 23.3 Å². The molecule has 10 heteroatoms. The van der Waals surface area contributed by atoms with Crippen LogP contribution >= 0.6 is 0 Å². The lowest BCUT2D eigenvalue weighted by atomic mass is 10.1. The topological polar surface area (TPSA) is 86.8 Å². The molecule has 0 spiro atoms. The molecule has 8 nitrogen and oxygen atoms in total. The van der Waals surface area contributed by atoms with Crippen LogP contribution in [0.3, 0.4) is 0 Å². The van der Waals surface area contributed by atoms with E-state index < -0.39 is 29.6 Å². The molecule has 3 amide bonds. The largest absolute Gasteiger partial charge is 0.489 e. The van der Waals surface area contributed by atoms with Crippen LogP contribution in [0, 0.1) is 11.6 Å². The normalized spacial score (nSPS) is 16.2. The van der Waals surface area contributed by atoms with Gasteiger partial charge >= 0.3 is 6.03 Å². The van der Waals surface area contributed by atoms with Gasteiger partial charge in [-0.1, -0.05) is 0 Å². The van der Waals surface area contributed by atoms with Crippen LogP contribution in [0.5, 0.6) is 5.75 Å². The van der Waals surface area contributed by atoms with Gasteiger partial charge < -0.3 is 25.2 Å². The third-order valence-corrected chi connectivity index (χ3v) is 5.19. The van der Waals surface area contributed by atoms with Crippen LogP contribution in [0.2, 0.25) is 0 Å². The maximum atomic E-state index is 14.0. The van der Waals surface area contributed by atoms with Gasteiger partial charge in [0.05, 0.1) is 42.4 Å². The van der Waals surface area contributed by atoms with Gasteiger partial charge in [-0.15, -0.1) is 0 Å². The maximum absolute atomic E-state index is 14.0. The fraction of sp³-hybridized carbons (Fsp3) is 0.350. The fourth-order valence-corrected chi connectivity index (χ4v) is 3.48. The second-order valence-corrected chi connectivity index (χ2v) is 7.31. The van der Waals surface area contributed by atoms with Crippen LogP contribution in [0.1, 0.15) is 24.2 Å². The summed E-state index contributed by atoms with van der Waals surface area (Å²) in [5.41, 5.74) is 1.70. The Bertz CT molecular complexity index is 1020. The molecular weight excluding hydrogens is 396 g/mol. The van der Waals surface area contributed by atoms with Gasteiger partial charge in [0.1, 0.15) is 18.9 Å². The van der Waals surface area contributed by atoms with Crippen LogP contribution in [-0.4, -0.2) is 48.6 Å². The molecule has 2 aromatic rings. The van der Waals surface area contributed by atoms with E-state index in [0.717, 1.165) is 23.2 Å². The maximum Gasteiger partial charge on any atom is 0.322 e. The molecule has 0 aliphatic carbocycles. The summed E-state index contributed by atoms with van der Waals surface area (Å²) in [7, 11) is 1.95. The Morgan fingerprint density at radius 2 is 2.20 bits per heavy atom. The quantitative estimate of drug-likeness (QED) is 0.798. The van der Waals surface area contributed by atoms with Gasteiger partial charge in [0.25, 0.3) is 0 Å². The summed E-state index contributed by atoms with van der Waals surface area (Å²) in [6, 6.07) is 3.03. The molecule has 0 saturated carbocycles. The van der Waals surface area contributed by atoms with Gasteiger partial charge in [-0.05, 0) is 19.1 Å². The van der Waals surface area contributed by atoms with Crippen LogP contribution < -0.4 is 20.3 Å². The van der Waals surface area contributed by atoms with Gasteiger partial charge in [-0.2, -0.15) is 0 Å². The number of anilines is 2. The SMILES string of the molecule is C[C@H](NC(=O)CN1Cc2c(ccc(F)c2F)NC1=O)c1cc2c(cn1)N(C)CCO2. The first-order chi connectivity index (χ1) is 14.3. The Balaban J connectivity index is 1.42. The second-order valence-electron chi connectivity index (χ2n) is 7.31. The highest BCUT2D eigenvalue weighted by atomic mass is 19.2. The molecule has 0 radical (unpaired) electrons. The summed E-state index contributed by atoms with van der Waals surface area (Å²) >= 11 is 0. The van der Waals surface area contributed by atoms with E-state index in [1.54, 1.807) is 19.2 Å². The second kappa shape index (κ2) is 7.77. The van der Waals surface area contributed by atoms with Crippen LogP contribution in [0.4, 0.5) is 25.0 Å². The van der Waals surface area contributed by atoms with Crippen LogP contribution in [0.15, 0.2) is 24.4 Å². The molecule has 2 aliphatic heterocycles. The van der Waals surface area contributed by atoms with Gasteiger partial charge in [-0.3, -0.25) is 9.78 Å². The number of benzene rings is 1. The van der Waals surface area contributed by atoms with E-state index in [4.69, 9.17) is 4.74 Å². The Kier molecular flexibility index (Phi) is 5.15. The molecule has 2 N–H and O–H groups in total. The molecule has 0 bridgehead atoms. The van der Waals surface area contributed by atoms with Crippen molar-refractivity contribution < 1.29 is 23.1 Å². The van der Waals surface area contributed by atoms with E-state index in [2.05, 4.69) is 15.6 Å². The number of amides is 3. The first kappa shape index (κ1) is 19.9. The Morgan fingerprint density at radius 3 is 3.00 bits per heavy atom. The van der Waals surface area contributed by atoms with Gasteiger partial charge in [0, 0.05) is 18.7 Å². The molecular formula is C20H21F2N5O3. The number of likely N-dealkylation sites (N-methyl/N-ethyl adjacent to an activating group) is 1. The predicted octanol–water partition coefficient (Wildman–Crippen LogP) is 2.41. The van der Waals surface area contributed by atoms with Crippen molar-refractivity contribution in [2.24, 2.45) is 0 Å². The van der Waals surface area contributed by atoms with Crippen LogP contribution in [-0.2, 0) is 11.3 Å². The molecule has 30 heavy (non-hydrogen) atoms. The zero-order valence-electron chi connectivity index (χ0n) is 16.5. The predicted molar refractivity (Wildman–Crippen MR) is 105 cm³/mol. The molecule has 2 aliphatic rings. The molecule has 4 rings (SSSR count). The van der Waals surface area contributed by atoms with Crippen molar-refractivity contribution in [3.63, 3.8) is 0 Å². The lowest BCUT2D eigenvalue weighted by molar-refractivity contribution is -0.122. The van der Waals surface area contributed by atoms with Crippen molar-refractivity contribution in [2.45, 2.75) is 19.5 Å². The number of ether oxygens (including phenoxy) is 1. The first-order valence-corrected chi connectivity index (χ1v) is 9.49. The number of hydrogen-bond acceptors (Lipinski definition) is 5. The highest BCUT2D eigenvalue weighted by Crippen LogP contribution is 2.31. The highest BCUT2D eigenvalue weighted by Gasteiger charge is 2.28. The average molecular weight is 417 g/mol. The van der Waals surface area contributed by atoms with E-state index in [9.17, 15) is 18.4 Å². The number of pyridine rings is 1. The van der Waals surface area contributed by atoms with E-state index in [0.29, 0.717) is 18.1 Å². The molecule has 0 fully saturated rings. The molecule has 1 aromatic carbocycles. The Hall–Kier alpha value is -3.43. The van der Waals surface area contributed by atoms with Crippen molar-refractivity contribution in [1.29, 1.82) is 0 Å². The Morgan fingerprint density at radius 1 is 1.40 bits per heavy atom. The van der Waals surface area contributed by atoms with Crippen molar-refractivity contribution in [3.8, 4) is 5.75 Å². The molecule has 158 valence electrons. The van der Waals surface area contributed by atoms with Crippen molar-refractivity contribution in [3.05, 3.63) is 47.3 Å². The highest BCUT2D eigenvalue weighted by molar-refractivity contribution is 5.95. The number of halogens is 2. The number of carbonyl (C=O) groups excluding carboxylic acids is 2. The number of aromatic nitrogens is 1. The number of nitrogens with zero attached hydrogens (tertiary/aromatic N) is 3. The van der Waals surface area contributed by atoms with E-state index >= 15 is 0 Å². The summed E-state index contributed by atoms with van der Waals surface area (Å²) in [6.45, 7) is 2.58. The summed E-state index contributed by atoms with van der Waals surface area (Å²) < 4.78 is 33.2. The van der Waals surface area contributed by atoms with E-state index in [1.165, 1.54) is 6.07 Å². The van der Waals surface area contributed by atoms with E-state index in [1.807, 2.05) is 11.9 Å². The minimum absolute atomic E-state index is 0.00747. The number of hydrogen-bond donors (Lipinski definition) is 2. The average Bonchev–Trinajstić information content (AvgIpc) is 2.72. The van der Waals surface area contributed by atoms with Crippen molar-refractivity contribution in [2.75, 3.05) is 37.0 Å². The number of fused-ring (bicyclic) bond motifs is 2. The fourth-order valence-electron chi connectivity index (χ4n) is 3.48. The van der Waals surface area contributed by atoms with Crippen molar-refractivity contribution in [1.82, 2.24) is 15.2 Å². The number of carbonyl (C=O) groups is 2. The molecule has 3 heterocycles. The first-order valence-electron chi connectivity index (χ1n) is 9.49. The summed E-state index contributed by atoms with van der Waals surface area (Å²) in [6.07, 6.45) is 1.69. The van der Waals surface area contributed by atoms with Gasteiger partial charge in [0.2, 0.25) is 5.91 Å². The molecule has 0 unspecified atom stereocenters. The lowest BCUT2D eigenvalue weighted by Gasteiger charge is -2.30. The number of urea groups is 1. The van der Waals surface area contributed by atoms with Gasteiger partial charge in [0.15, 0.2) is 11.6 Å². The summed E-state index contributed by atoms with van der Waals surface area (Å²) in [5.74, 6) is -1.79. The molecule has 1 aromatic heterocycles. The standard InChI is InChI=1S/C20H21F2N5O3/c1-11(15-7-17-16(8-23-15)26(2)5-6-30-17)24-18(28)10-27-9-12-14(25-20(27)29)4-3-13(21)19(12)22/h3-4,7-8,11H,5-6,9-10H2,1-2H3,(H,24,28)(H,25,29)/t11-/m0/s1. The third-order valence-electron chi connectivity index (χ3n) is 5.19. The summed E-state index contributed by atoms with van der Waals surface area (Å²) in [5, 5.41) is 5.25. The minimum atomic E-state index is -1.03. The molecule has 0 saturated heterocycles. The Labute approximate surface area is 171 Å². The van der Waals surface area contributed by atoms with Crippen LogP contribution in [0.25, 0.3) is 0 Å². The summed E-state index contributed by atoms with van der Waals surface area (Å²) in [4.78, 5) is 32.2. The number of rotatable bonds is 4. The lowest BCUT2D eigenvalue weighted by Crippen LogP contribution is -2.45. The molecule has 1 atom stereocenters. The minimum Gasteiger partial charge on any atom is -0.489 e. The zero-order chi connectivity index (χ0) is 21.4. The smallest absolute Gasteiger partial charge is 0.322 e.